The highest BCUT2D eigenvalue weighted by Gasteiger charge is 2.13. The van der Waals surface area contributed by atoms with Crippen LogP contribution in [0.2, 0.25) is 0 Å². The first-order valence-electron chi connectivity index (χ1n) is 9.09. The number of aliphatic hydroxyl groups is 1. The fraction of sp³-hybridized carbons (Fsp3) is 0.611. The third-order valence-electron chi connectivity index (χ3n) is 3.98. The molecule has 1 aromatic carbocycles. The Labute approximate surface area is 157 Å². The Hall–Kier alpha value is -1.64. The summed E-state index contributed by atoms with van der Waals surface area (Å²) < 4.78 is 24.8. The number of nitrogens with zero attached hydrogens (tertiary/aromatic N) is 2. The summed E-state index contributed by atoms with van der Waals surface area (Å²) in [6.07, 6.45) is 0.713. The van der Waals surface area contributed by atoms with Gasteiger partial charge in [0.1, 0.15) is 0 Å². The van der Waals surface area contributed by atoms with Crippen molar-refractivity contribution in [3.8, 4) is 0 Å². The molecule has 1 aromatic rings. The summed E-state index contributed by atoms with van der Waals surface area (Å²) in [7, 11) is -1.54. The lowest BCUT2D eigenvalue weighted by molar-refractivity contribution is 0.168. The second-order valence-corrected chi connectivity index (χ2v) is 8.34. The van der Waals surface area contributed by atoms with Crippen molar-refractivity contribution in [1.29, 1.82) is 0 Å². The summed E-state index contributed by atoms with van der Waals surface area (Å²) in [6.45, 7) is 5.92. The molecule has 0 aliphatic heterocycles. The molecule has 0 heterocycles. The van der Waals surface area contributed by atoms with Crippen LogP contribution in [0.3, 0.4) is 0 Å². The summed E-state index contributed by atoms with van der Waals surface area (Å²) in [6, 6.07) is 9.56. The summed E-state index contributed by atoms with van der Waals surface area (Å²) >= 11 is 0. The van der Waals surface area contributed by atoms with Crippen molar-refractivity contribution >= 4 is 16.0 Å². The zero-order chi connectivity index (χ0) is 19.4. The molecule has 0 aliphatic rings. The van der Waals surface area contributed by atoms with E-state index in [9.17, 15) is 13.5 Å². The molecule has 8 heteroatoms. The molecule has 0 bridgehead atoms. The van der Waals surface area contributed by atoms with E-state index in [4.69, 9.17) is 0 Å². The standard InChI is InChI=1S/C18H32N4O3S/c1-4-19-18(20-13-9-15-22(3)26(24,25)5-2)21-14-12-17(23)16-10-7-6-8-11-16/h6-8,10-11,17,23H,4-5,9,12-15H2,1-3H3,(H2,19,20,21). The van der Waals surface area contributed by atoms with E-state index in [0.717, 1.165) is 12.1 Å². The van der Waals surface area contributed by atoms with E-state index in [-0.39, 0.29) is 5.75 Å². The molecule has 7 nitrogen and oxygen atoms in total. The van der Waals surface area contributed by atoms with Crippen LogP contribution in [0.25, 0.3) is 0 Å². The molecule has 26 heavy (non-hydrogen) atoms. The smallest absolute Gasteiger partial charge is 0.213 e. The van der Waals surface area contributed by atoms with Gasteiger partial charge in [0.05, 0.1) is 11.9 Å². The van der Waals surface area contributed by atoms with Crippen LogP contribution in [0.1, 0.15) is 38.4 Å². The van der Waals surface area contributed by atoms with Gasteiger partial charge in [-0.1, -0.05) is 30.3 Å². The number of hydrogen-bond acceptors (Lipinski definition) is 4. The highest BCUT2D eigenvalue weighted by molar-refractivity contribution is 7.89. The van der Waals surface area contributed by atoms with Crippen molar-refractivity contribution in [3.05, 3.63) is 35.9 Å². The maximum atomic E-state index is 11.7. The molecule has 0 aromatic heterocycles. The topological polar surface area (TPSA) is 94.0 Å². The third kappa shape index (κ3) is 8.16. The average molecular weight is 385 g/mol. The van der Waals surface area contributed by atoms with Gasteiger partial charge < -0.3 is 15.7 Å². The summed E-state index contributed by atoms with van der Waals surface area (Å²) in [4.78, 5) is 4.45. The van der Waals surface area contributed by atoms with E-state index >= 15 is 0 Å². The normalized spacial score (nSPS) is 13.7. The Balaban J connectivity index is 2.39. The Morgan fingerprint density at radius 3 is 2.54 bits per heavy atom. The van der Waals surface area contributed by atoms with Crippen LogP contribution in [-0.4, -0.2) is 62.8 Å². The molecule has 1 unspecified atom stereocenters. The molecular weight excluding hydrogens is 352 g/mol. The molecule has 0 radical (unpaired) electrons. The first-order valence-corrected chi connectivity index (χ1v) is 10.7. The quantitative estimate of drug-likeness (QED) is 0.304. The van der Waals surface area contributed by atoms with Crippen LogP contribution in [0, 0.1) is 0 Å². The molecule has 0 fully saturated rings. The van der Waals surface area contributed by atoms with Gasteiger partial charge in [0.15, 0.2) is 5.96 Å². The lowest BCUT2D eigenvalue weighted by Crippen LogP contribution is -2.38. The molecule has 1 atom stereocenters. The second-order valence-electron chi connectivity index (χ2n) is 5.98. The second kappa shape index (κ2) is 11.9. The van der Waals surface area contributed by atoms with Crippen molar-refractivity contribution in [2.75, 3.05) is 39.0 Å². The monoisotopic (exact) mass is 384 g/mol. The summed E-state index contributed by atoms with van der Waals surface area (Å²) in [5.41, 5.74) is 0.899. The molecule has 0 aliphatic carbocycles. The fourth-order valence-electron chi connectivity index (χ4n) is 2.35. The van der Waals surface area contributed by atoms with Gasteiger partial charge in [-0.05, 0) is 32.3 Å². The van der Waals surface area contributed by atoms with Crippen LogP contribution in [0.4, 0.5) is 0 Å². The molecular formula is C18H32N4O3S. The van der Waals surface area contributed by atoms with Crippen molar-refractivity contribution in [2.24, 2.45) is 4.99 Å². The minimum Gasteiger partial charge on any atom is -0.388 e. The van der Waals surface area contributed by atoms with Gasteiger partial charge in [-0.3, -0.25) is 4.99 Å². The van der Waals surface area contributed by atoms with Gasteiger partial charge in [0, 0.05) is 33.2 Å². The molecule has 3 N–H and O–H groups in total. The zero-order valence-corrected chi connectivity index (χ0v) is 16.8. The van der Waals surface area contributed by atoms with Crippen LogP contribution >= 0.6 is 0 Å². The van der Waals surface area contributed by atoms with E-state index in [1.54, 1.807) is 14.0 Å². The maximum Gasteiger partial charge on any atom is 0.213 e. The number of rotatable bonds is 11. The number of sulfonamides is 1. The van der Waals surface area contributed by atoms with E-state index in [0.29, 0.717) is 38.4 Å². The molecule has 148 valence electrons. The van der Waals surface area contributed by atoms with E-state index < -0.39 is 16.1 Å². The van der Waals surface area contributed by atoms with Crippen molar-refractivity contribution < 1.29 is 13.5 Å². The van der Waals surface area contributed by atoms with Crippen LogP contribution in [0.15, 0.2) is 35.3 Å². The fourth-order valence-corrected chi connectivity index (χ4v) is 3.20. The zero-order valence-electron chi connectivity index (χ0n) is 16.0. The predicted octanol–water partition coefficient (Wildman–Crippen LogP) is 1.34. The number of aliphatic hydroxyl groups excluding tert-OH is 1. The predicted molar refractivity (Wildman–Crippen MR) is 107 cm³/mol. The lowest BCUT2D eigenvalue weighted by Gasteiger charge is -2.16. The first kappa shape index (κ1) is 22.4. The Morgan fingerprint density at radius 1 is 1.23 bits per heavy atom. The number of benzene rings is 1. The van der Waals surface area contributed by atoms with Gasteiger partial charge in [-0.2, -0.15) is 0 Å². The molecule has 1 rings (SSSR count). The van der Waals surface area contributed by atoms with Crippen molar-refractivity contribution in [1.82, 2.24) is 14.9 Å². The van der Waals surface area contributed by atoms with Crippen LogP contribution in [0.5, 0.6) is 0 Å². The number of nitrogens with one attached hydrogen (secondary N) is 2. The Bertz CT molecular complexity index is 635. The molecule has 0 saturated heterocycles. The largest absolute Gasteiger partial charge is 0.388 e. The summed E-state index contributed by atoms with van der Waals surface area (Å²) in [5, 5.41) is 16.5. The van der Waals surface area contributed by atoms with E-state index in [2.05, 4.69) is 15.6 Å². The van der Waals surface area contributed by atoms with Crippen LogP contribution in [-0.2, 0) is 10.0 Å². The molecule has 0 saturated carbocycles. The van der Waals surface area contributed by atoms with Gasteiger partial charge >= 0.3 is 0 Å². The number of hydrogen-bond donors (Lipinski definition) is 3. The average Bonchev–Trinajstić information content (AvgIpc) is 2.65. The summed E-state index contributed by atoms with van der Waals surface area (Å²) in [5.74, 6) is 0.787. The minimum atomic E-state index is -3.13. The SMILES string of the molecule is CCNC(=NCCCN(C)S(=O)(=O)CC)NCCC(O)c1ccccc1. The third-order valence-corrected chi connectivity index (χ3v) is 5.84. The Kier molecular flexibility index (Phi) is 10.2. The van der Waals surface area contributed by atoms with Gasteiger partial charge in [-0.25, -0.2) is 12.7 Å². The molecule has 0 spiro atoms. The van der Waals surface area contributed by atoms with Crippen LogP contribution < -0.4 is 10.6 Å². The van der Waals surface area contributed by atoms with Crippen molar-refractivity contribution in [3.63, 3.8) is 0 Å². The Morgan fingerprint density at radius 2 is 1.92 bits per heavy atom. The molecule has 0 amide bonds. The first-order chi connectivity index (χ1) is 12.4. The highest BCUT2D eigenvalue weighted by Crippen LogP contribution is 2.14. The highest BCUT2D eigenvalue weighted by atomic mass is 32.2. The van der Waals surface area contributed by atoms with Gasteiger partial charge in [-0.15, -0.1) is 0 Å². The van der Waals surface area contributed by atoms with E-state index in [1.165, 1.54) is 4.31 Å². The number of guanidine groups is 1. The van der Waals surface area contributed by atoms with E-state index in [1.807, 2.05) is 37.3 Å². The maximum absolute atomic E-state index is 11.7. The van der Waals surface area contributed by atoms with Gasteiger partial charge in [0.2, 0.25) is 10.0 Å². The van der Waals surface area contributed by atoms with Gasteiger partial charge in [0.25, 0.3) is 0 Å². The van der Waals surface area contributed by atoms with Crippen molar-refractivity contribution in [2.45, 2.75) is 32.8 Å². The lowest BCUT2D eigenvalue weighted by atomic mass is 10.1. The minimum absolute atomic E-state index is 0.112. The number of aliphatic imine (C=N–C) groups is 1.